The number of aliphatic hydroxyl groups is 1. The summed E-state index contributed by atoms with van der Waals surface area (Å²) in [5, 5.41) is 18.6. The van der Waals surface area contributed by atoms with Crippen molar-refractivity contribution in [3.63, 3.8) is 0 Å². The van der Waals surface area contributed by atoms with Crippen LogP contribution in [0.25, 0.3) is 0 Å². The predicted octanol–water partition coefficient (Wildman–Crippen LogP) is 1.65. The SMILES string of the molecule is O=C(O)C1CC(O)(c2c(F)cccc2F)C1. The van der Waals surface area contributed by atoms with Crippen molar-refractivity contribution >= 4 is 5.97 Å². The van der Waals surface area contributed by atoms with Crippen LogP contribution in [0.1, 0.15) is 18.4 Å². The zero-order valence-corrected chi connectivity index (χ0v) is 8.28. The second-order valence-corrected chi connectivity index (χ2v) is 4.07. The van der Waals surface area contributed by atoms with E-state index in [-0.39, 0.29) is 12.8 Å². The maximum Gasteiger partial charge on any atom is 0.306 e. The minimum absolute atomic E-state index is 0.153. The van der Waals surface area contributed by atoms with Gasteiger partial charge in [0.15, 0.2) is 0 Å². The first-order valence-electron chi connectivity index (χ1n) is 4.84. The second kappa shape index (κ2) is 3.52. The molecule has 1 aromatic rings. The van der Waals surface area contributed by atoms with Gasteiger partial charge in [-0.15, -0.1) is 0 Å². The van der Waals surface area contributed by atoms with Gasteiger partial charge in [0.2, 0.25) is 0 Å². The molecule has 2 N–H and O–H groups in total. The van der Waals surface area contributed by atoms with Crippen molar-refractivity contribution in [3.05, 3.63) is 35.4 Å². The van der Waals surface area contributed by atoms with Gasteiger partial charge in [-0.3, -0.25) is 4.79 Å². The van der Waals surface area contributed by atoms with Crippen LogP contribution in [0, 0.1) is 17.6 Å². The number of carboxylic acid groups (broad SMARTS) is 1. The molecule has 1 aliphatic rings. The molecule has 0 atom stereocenters. The van der Waals surface area contributed by atoms with Crippen LogP contribution < -0.4 is 0 Å². The number of carboxylic acids is 1. The smallest absolute Gasteiger partial charge is 0.306 e. The Kier molecular flexibility index (Phi) is 2.42. The summed E-state index contributed by atoms with van der Waals surface area (Å²) in [5.41, 5.74) is -2.11. The van der Waals surface area contributed by atoms with Crippen molar-refractivity contribution < 1.29 is 23.8 Å². The van der Waals surface area contributed by atoms with E-state index in [4.69, 9.17) is 5.11 Å². The highest BCUT2D eigenvalue weighted by molar-refractivity contribution is 5.71. The third-order valence-electron chi connectivity index (χ3n) is 2.95. The van der Waals surface area contributed by atoms with Crippen LogP contribution in [-0.2, 0) is 10.4 Å². The summed E-state index contributed by atoms with van der Waals surface area (Å²) in [7, 11) is 0. The molecule has 0 bridgehead atoms. The topological polar surface area (TPSA) is 57.5 Å². The molecule has 0 heterocycles. The molecular weight excluding hydrogens is 218 g/mol. The van der Waals surface area contributed by atoms with Gasteiger partial charge >= 0.3 is 5.97 Å². The minimum atomic E-state index is -1.68. The first kappa shape index (κ1) is 11.0. The normalized spacial score (nSPS) is 28.6. The van der Waals surface area contributed by atoms with Crippen molar-refractivity contribution in [1.82, 2.24) is 0 Å². The third-order valence-corrected chi connectivity index (χ3v) is 2.95. The molecule has 0 radical (unpaired) electrons. The van der Waals surface area contributed by atoms with Crippen molar-refractivity contribution in [2.75, 3.05) is 0 Å². The summed E-state index contributed by atoms with van der Waals surface area (Å²) < 4.78 is 26.7. The van der Waals surface area contributed by atoms with E-state index in [1.165, 1.54) is 6.07 Å². The van der Waals surface area contributed by atoms with E-state index in [9.17, 15) is 18.7 Å². The van der Waals surface area contributed by atoms with Crippen molar-refractivity contribution in [2.24, 2.45) is 5.92 Å². The largest absolute Gasteiger partial charge is 0.481 e. The van der Waals surface area contributed by atoms with E-state index in [1.807, 2.05) is 0 Å². The fourth-order valence-electron chi connectivity index (χ4n) is 2.08. The number of halogens is 2. The van der Waals surface area contributed by atoms with E-state index in [0.29, 0.717) is 0 Å². The average molecular weight is 228 g/mol. The Bertz CT molecular complexity index is 419. The Hall–Kier alpha value is -1.49. The van der Waals surface area contributed by atoms with Gasteiger partial charge < -0.3 is 10.2 Å². The van der Waals surface area contributed by atoms with E-state index in [1.54, 1.807) is 0 Å². The van der Waals surface area contributed by atoms with Gasteiger partial charge in [-0.25, -0.2) is 8.78 Å². The minimum Gasteiger partial charge on any atom is -0.481 e. The Morgan fingerprint density at radius 2 is 1.81 bits per heavy atom. The van der Waals surface area contributed by atoms with Gasteiger partial charge in [-0.1, -0.05) is 6.07 Å². The van der Waals surface area contributed by atoms with Crippen LogP contribution in [0.3, 0.4) is 0 Å². The monoisotopic (exact) mass is 228 g/mol. The lowest BCUT2D eigenvalue weighted by molar-refractivity contribution is -0.160. The zero-order valence-electron chi connectivity index (χ0n) is 8.28. The summed E-state index contributed by atoms with van der Waals surface area (Å²) in [4.78, 5) is 10.6. The number of hydrogen-bond acceptors (Lipinski definition) is 2. The molecule has 1 aromatic carbocycles. The Morgan fingerprint density at radius 3 is 2.25 bits per heavy atom. The summed E-state index contributed by atoms with van der Waals surface area (Å²) in [5.74, 6) is -3.47. The van der Waals surface area contributed by atoms with Crippen molar-refractivity contribution in [1.29, 1.82) is 0 Å². The second-order valence-electron chi connectivity index (χ2n) is 4.07. The lowest BCUT2D eigenvalue weighted by atomic mass is 9.67. The van der Waals surface area contributed by atoms with E-state index in [2.05, 4.69) is 0 Å². The molecular formula is C11H10F2O3. The molecule has 0 aliphatic heterocycles. The van der Waals surface area contributed by atoms with Gasteiger partial charge in [0.1, 0.15) is 11.6 Å². The molecule has 1 fully saturated rings. The molecule has 1 aliphatic carbocycles. The molecule has 5 heteroatoms. The van der Waals surface area contributed by atoms with Crippen LogP contribution in [0.15, 0.2) is 18.2 Å². The molecule has 0 saturated heterocycles. The summed E-state index contributed by atoms with van der Waals surface area (Å²) in [6.45, 7) is 0. The molecule has 86 valence electrons. The predicted molar refractivity (Wildman–Crippen MR) is 50.6 cm³/mol. The Balaban J connectivity index is 2.30. The van der Waals surface area contributed by atoms with Crippen molar-refractivity contribution in [2.45, 2.75) is 18.4 Å². The van der Waals surface area contributed by atoms with E-state index < -0.39 is 34.7 Å². The number of carbonyl (C=O) groups is 1. The van der Waals surface area contributed by atoms with Crippen molar-refractivity contribution in [3.8, 4) is 0 Å². The van der Waals surface area contributed by atoms with Gasteiger partial charge in [0.05, 0.1) is 17.1 Å². The number of rotatable bonds is 2. The van der Waals surface area contributed by atoms with Crippen LogP contribution in [0.4, 0.5) is 8.78 Å². The lowest BCUT2D eigenvalue weighted by Gasteiger charge is -2.41. The quantitative estimate of drug-likeness (QED) is 0.809. The lowest BCUT2D eigenvalue weighted by Crippen LogP contribution is -2.45. The summed E-state index contributed by atoms with van der Waals surface area (Å²) in [6.07, 6.45) is -0.305. The first-order valence-corrected chi connectivity index (χ1v) is 4.84. The molecule has 0 unspecified atom stereocenters. The first-order chi connectivity index (χ1) is 7.44. The van der Waals surface area contributed by atoms with Crippen LogP contribution >= 0.6 is 0 Å². The third kappa shape index (κ3) is 1.57. The fourth-order valence-corrected chi connectivity index (χ4v) is 2.08. The van der Waals surface area contributed by atoms with Gasteiger partial charge in [0, 0.05) is 0 Å². The molecule has 1 saturated carbocycles. The number of hydrogen-bond donors (Lipinski definition) is 2. The fraction of sp³-hybridized carbons (Fsp3) is 0.364. The highest BCUT2D eigenvalue weighted by atomic mass is 19.1. The molecule has 2 rings (SSSR count). The molecule has 0 amide bonds. The van der Waals surface area contributed by atoms with E-state index in [0.717, 1.165) is 12.1 Å². The maximum atomic E-state index is 13.3. The molecule has 0 aromatic heterocycles. The maximum absolute atomic E-state index is 13.3. The highest BCUT2D eigenvalue weighted by Crippen LogP contribution is 2.47. The number of benzene rings is 1. The number of aliphatic carboxylic acids is 1. The van der Waals surface area contributed by atoms with Gasteiger partial charge in [-0.05, 0) is 25.0 Å². The molecule has 16 heavy (non-hydrogen) atoms. The van der Waals surface area contributed by atoms with E-state index >= 15 is 0 Å². The van der Waals surface area contributed by atoms with Crippen LogP contribution in [0.5, 0.6) is 0 Å². The average Bonchev–Trinajstić information content (AvgIpc) is 2.13. The highest BCUT2D eigenvalue weighted by Gasteiger charge is 2.50. The molecule has 3 nitrogen and oxygen atoms in total. The van der Waals surface area contributed by atoms with Crippen LogP contribution in [-0.4, -0.2) is 16.2 Å². The van der Waals surface area contributed by atoms with Crippen LogP contribution in [0.2, 0.25) is 0 Å². The molecule has 0 spiro atoms. The Morgan fingerprint density at radius 1 is 1.31 bits per heavy atom. The van der Waals surface area contributed by atoms with Gasteiger partial charge in [-0.2, -0.15) is 0 Å². The summed E-state index contributed by atoms with van der Waals surface area (Å²) in [6, 6.07) is 3.29. The zero-order chi connectivity index (χ0) is 11.9. The van der Waals surface area contributed by atoms with Gasteiger partial charge in [0.25, 0.3) is 0 Å². The standard InChI is InChI=1S/C11H10F2O3/c12-7-2-1-3-8(13)9(7)11(16)4-6(5-11)10(14)15/h1-3,6,16H,4-5H2,(H,14,15). The Labute approximate surface area is 90.3 Å². The summed E-state index contributed by atoms with van der Waals surface area (Å²) >= 11 is 0.